The fraction of sp³-hybridized carbons (Fsp3) is 0.0909. The van der Waals surface area contributed by atoms with Crippen molar-refractivity contribution in [2.75, 3.05) is 11.9 Å². The lowest BCUT2D eigenvalue weighted by Crippen LogP contribution is -2.19. The molecule has 4 rings (SSSR count). The van der Waals surface area contributed by atoms with Crippen LogP contribution < -0.4 is 5.32 Å². The number of amides is 1. The van der Waals surface area contributed by atoms with E-state index in [1.165, 1.54) is 12.1 Å². The highest BCUT2D eigenvalue weighted by molar-refractivity contribution is 5.99. The average Bonchev–Trinajstić information content (AvgIpc) is 3.01. The number of nitrogens with one attached hydrogen (secondary N) is 1. The number of anilines is 1. The fourth-order valence-electron chi connectivity index (χ4n) is 3.56. The largest absolute Gasteiger partial charge is 0.508 e. The molecule has 0 saturated carbocycles. The van der Waals surface area contributed by atoms with E-state index in [9.17, 15) is 19.8 Å². The third kappa shape index (κ3) is 3.16. The molecule has 0 fully saturated rings. The predicted octanol–water partition coefficient (Wildman–Crippen LogP) is 4.45. The Labute approximate surface area is 161 Å². The van der Waals surface area contributed by atoms with Crippen molar-refractivity contribution in [2.45, 2.75) is 5.92 Å². The van der Waals surface area contributed by atoms with Crippen molar-refractivity contribution in [3.63, 3.8) is 0 Å². The lowest BCUT2D eigenvalue weighted by atomic mass is 9.98. The molecule has 1 amide bonds. The van der Waals surface area contributed by atoms with Crippen LogP contribution in [-0.2, 0) is 4.74 Å². The molecule has 1 aliphatic carbocycles. The summed E-state index contributed by atoms with van der Waals surface area (Å²) >= 11 is 0. The van der Waals surface area contributed by atoms with Gasteiger partial charge in [-0.25, -0.2) is 9.59 Å². The number of carbonyl (C=O) groups is 2. The van der Waals surface area contributed by atoms with Gasteiger partial charge in [0.2, 0.25) is 0 Å². The van der Waals surface area contributed by atoms with Gasteiger partial charge in [0.15, 0.2) is 0 Å². The highest BCUT2D eigenvalue weighted by Gasteiger charge is 2.29. The van der Waals surface area contributed by atoms with Gasteiger partial charge in [0.1, 0.15) is 12.4 Å². The van der Waals surface area contributed by atoms with E-state index in [0.717, 1.165) is 28.3 Å². The number of fused-ring (bicyclic) bond motifs is 3. The van der Waals surface area contributed by atoms with Crippen LogP contribution in [0.15, 0.2) is 66.7 Å². The second-order valence-corrected chi connectivity index (χ2v) is 6.49. The maximum Gasteiger partial charge on any atom is 0.411 e. The molecule has 0 heterocycles. The van der Waals surface area contributed by atoms with E-state index in [0.29, 0.717) is 0 Å². The van der Waals surface area contributed by atoms with Crippen LogP contribution in [0.2, 0.25) is 0 Å². The Morgan fingerprint density at radius 1 is 0.929 bits per heavy atom. The van der Waals surface area contributed by atoms with Gasteiger partial charge in [0, 0.05) is 5.92 Å². The molecule has 6 nitrogen and oxygen atoms in total. The number of benzene rings is 3. The Morgan fingerprint density at radius 2 is 1.54 bits per heavy atom. The van der Waals surface area contributed by atoms with E-state index in [1.807, 2.05) is 48.5 Å². The third-order valence-electron chi connectivity index (χ3n) is 4.81. The van der Waals surface area contributed by atoms with Crippen LogP contribution in [0.4, 0.5) is 10.5 Å². The summed E-state index contributed by atoms with van der Waals surface area (Å²) in [6, 6.07) is 19.7. The number of ether oxygens (including phenoxy) is 1. The highest BCUT2D eigenvalue weighted by atomic mass is 16.5. The van der Waals surface area contributed by atoms with Crippen LogP contribution >= 0.6 is 0 Å². The van der Waals surface area contributed by atoms with Crippen molar-refractivity contribution < 1.29 is 24.5 Å². The number of phenols is 1. The minimum Gasteiger partial charge on any atom is -0.508 e. The zero-order chi connectivity index (χ0) is 19.7. The second-order valence-electron chi connectivity index (χ2n) is 6.49. The molecule has 140 valence electrons. The normalized spacial score (nSPS) is 12.1. The molecule has 1 aliphatic rings. The molecular weight excluding hydrogens is 358 g/mol. The van der Waals surface area contributed by atoms with Gasteiger partial charge in [-0.15, -0.1) is 0 Å². The lowest BCUT2D eigenvalue weighted by molar-refractivity contribution is 0.0697. The lowest BCUT2D eigenvalue weighted by Gasteiger charge is -2.15. The molecular formula is C22H17NO5. The number of hydrogen-bond acceptors (Lipinski definition) is 4. The number of rotatable bonds is 4. The van der Waals surface area contributed by atoms with E-state index in [2.05, 4.69) is 5.32 Å². The monoisotopic (exact) mass is 375 g/mol. The predicted molar refractivity (Wildman–Crippen MR) is 104 cm³/mol. The van der Waals surface area contributed by atoms with Gasteiger partial charge in [0.05, 0.1) is 11.3 Å². The molecule has 0 unspecified atom stereocenters. The summed E-state index contributed by atoms with van der Waals surface area (Å²) < 4.78 is 5.40. The van der Waals surface area contributed by atoms with E-state index in [1.54, 1.807) is 0 Å². The van der Waals surface area contributed by atoms with Gasteiger partial charge in [-0.3, -0.25) is 5.32 Å². The quantitative estimate of drug-likeness (QED) is 0.586. The summed E-state index contributed by atoms with van der Waals surface area (Å²) in [4.78, 5) is 23.6. The first-order chi connectivity index (χ1) is 13.5. The van der Waals surface area contributed by atoms with Crippen LogP contribution in [0.1, 0.15) is 27.4 Å². The standard InChI is InChI=1S/C22H17NO5/c24-13-9-10-20(18(11-13)21(25)26)23-22(27)28-12-19-16-7-3-1-5-14(16)15-6-2-4-8-17(15)19/h1-11,19,24H,12H2,(H,23,27)(H,25,26). The topological polar surface area (TPSA) is 95.9 Å². The SMILES string of the molecule is O=C(Nc1ccc(O)cc1C(=O)O)OCC1c2ccccc2-c2ccccc21. The van der Waals surface area contributed by atoms with Gasteiger partial charge in [-0.05, 0) is 40.5 Å². The summed E-state index contributed by atoms with van der Waals surface area (Å²) in [6.45, 7) is 0.125. The van der Waals surface area contributed by atoms with Gasteiger partial charge < -0.3 is 14.9 Å². The summed E-state index contributed by atoms with van der Waals surface area (Å²) in [5.74, 6) is -1.54. The van der Waals surface area contributed by atoms with Crippen molar-refractivity contribution in [2.24, 2.45) is 0 Å². The van der Waals surface area contributed by atoms with E-state index >= 15 is 0 Å². The first-order valence-corrected chi connectivity index (χ1v) is 8.73. The van der Waals surface area contributed by atoms with Crippen LogP contribution in [0.3, 0.4) is 0 Å². The Hall–Kier alpha value is -3.80. The van der Waals surface area contributed by atoms with E-state index < -0.39 is 12.1 Å². The molecule has 3 aromatic carbocycles. The molecule has 3 N–H and O–H groups in total. The summed E-state index contributed by atoms with van der Waals surface area (Å²) in [5.41, 5.74) is 4.27. The zero-order valence-corrected chi connectivity index (χ0v) is 14.8. The first kappa shape index (κ1) is 17.6. The van der Waals surface area contributed by atoms with Gasteiger partial charge in [-0.1, -0.05) is 48.5 Å². The first-order valence-electron chi connectivity index (χ1n) is 8.73. The highest BCUT2D eigenvalue weighted by Crippen LogP contribution is 2.44. The van der Waals surface area contributed by atoms with Crippen LogP contribution in [0.5, 0.6) is 5.75 Å². The van der Waals surface area contributed by atoms with Crippen LogP contribution in [0.25, 0.3) is 11.1 Å². The number of phenolic OH excluding ortho intramolecular Hbond substituents is 1. The molecule has 3 aromatic rings. The second kappa shape index (κ2) is 7.08. The van der Waals surface area contributed by atoms with Gasteiger partial charge in [0.25, 0.3) is 0 Å². The Morgan fingerprint density at radius 3 is 2.14 bits per heavy atom. The molecule has 0 aliphatic heterocycles. The fourth-order valence-corrected chi connectivity index (χ4v) is 3.56. The molecule has 28 heavy (non-hydrogen) atoms. The number of carboxylic acid groups (broad SMARTS) is 1. The van der Waals surface area contributed by atoms with Crippen molar-refractivity contribution in [1.82, 2.24) is 0 Å². The number of carboxylic acids is 1. The van der Waals surface area contributed by atoms with Crippen molar-refractivity contribution in [1.29, 1.82) is 0 Å². The number of aromatic carboxylic acids is 1. The van der Waals surface area contributed by atoms with Gasteiger partial charge in [-0.2, -0.15) is 0 Å². The summed E-state index contributed by atoms with van der Waals surface area (Å²) in [6.07, 6.45) is -0.755. The van der Waals surface area contributed by atoms with Crippen molar-refractivity contribution in [3.05, 3.63) is 83.4 Å². The summed E-state index contributed by atoms with van der Waals surface area (Å²) in [5, 5.41) is 21.1. The van der Waals surface area contributed by atoms with Crippen LogP contribution in [0, 0.1) is 0 Å². The van der Waals surface area contributed by atoms with Gasteiger partial charge >= 0.3 is 12.1 Å². The molecule has 0 saturated heterocycles. The van der Waals surface area contributed by atoms with E-state index in [-0.39, 0.29) is 29.5 Å². The Kier molecular flexibility index (Phi) is 4.45. The molecule has 0 atom stereocenters. The Bertz CT molecular complexity index is 1030. The molecule has 0 radical (unpaired) electrons. The van der Waals surface area contributed by atoms with Crippen LogP contribution in [-0.4, -0.2) is 28.9 Å². The minimum atomic E-state index is -1.26. The number of hydrogen-bond donors (Lipinski definition) is 3. The van der Waals surface area contributed by atoms with Crippen molar-refractivity contribution in [3.8, 4) is 16.9 Å². The Balaban J connectivity index is 1.51. The molecule has 0 aromatic heterocycles. The molecule has 0 spiro atoms. The maximum atomic E-state index is 12.3. The smallest absolute Gasteiger partial charge is 0.411 e. The zero-order valence-electron chi connectivity index (χ0n) is 14.8. The summed E-state index contributed by atoms with van der Waals surface area (Å²) in [7, 11) is 0. The van der Waals surface area contributed by atoms with E-state index in [4.69, 9.17) is 4.74 Å². The molecule has 0 bridgehead atoms. The van der Waals surface area contributed by atoms with Crippen molar-refractivity contribution >= 4 is 17.7 Å². The number of aromatic hydroxyl groups is 1. The maximum absolute atomic E-state index is 12.3. The third-order valence-corrected chi connectivity index (χ3v) is 4.81. The number of carbonyl (C=O) groups excluding carboxylic acids is 1. The average molecular weight is 375 g/mol. The molecule has 6 heteroatoms. The minimum absolute atomic E-state index is 0.0579.